The summed E-state index contributed by atoms with van der Waals surface area (Å²) in [5.41, 5.74) is -1.15. The largest absolute Gasteiger partial charge is 0.497 e. The summed E-state index contributed by atoms with van der Waals surface area (Å²) in [5.74, 6) is -0.937. The normalized spacial score (nSPS) is 18.9. The number of ketones is 2. The number of nitrogens with zero attached hydrogens (tertiary/aromatic N) is 1. The lowest BCUT2D eigenvalue weighted by Crippen LogP contribution is -2.44. The number of ether oxygens (including phenoxy) is 2. The number of para-hydroxylation sites is 1. The fraction of sp³-hybridized carbons (Fsp3) is 0.296. The standard InChI is InChI=1S/C27H22F3NO5/c1-4-26(25(34)36-5-2)15-31-14-20(24(33)27(28,29)30)18-7-6-8-19(23(18)31)21(26)13-22(32)16-9-11-17(35-3)12-10-16/h1,6-12,14,21H,5,13,15H2,2-3H3. The first-order valence-corrected chi connectivity index (χ1v) is 11.1. The highest BCUT2D eigenvalue weighted by Crippen LogP contribution is 2.49. The number of benzene rings is 2. The van der Waals surface area contributed by atoms with E-state index in [1.54, 1.807) is 37.3 Å². The lowest BCUT2D eigenvalue weighted by Gasteiger charge is -2.39. The molecule has 3 aromatic rings. The lowest BCUT2D eigenvalue weighted by molar-refractivity contribution is -0.154. The van der Waals surface area contributed by atoms with Crippen LogP contribution >= 0.6 is 0 Å². The van der Waals surface area contributed by atoms with Gasteiger partial charge in [0.15, 0.2) is 11.2 Å². The quantitative estimate of drug-likeness (QED) is 0.262. The van der Waals surface area contributed by atoms with Crippen LogP contribution in [0.2, 0.25) is 0 Å². The topological polar surface area (TPSA) is 74.6 Å². The van der Waals surface area contributed by atoms with E-state index in [1.165, 1.54) is 23.8 Å². The third kappa shape index (κ3) is 4.02. The van der Waals surface area contributed by atoms with Crippen LogP contribution in [0.25, 0.3) is 10.9 Å². The van der Waals surface area contributed by atoms with Crippen molar-refractivity contribution >= 4 is 28.4 Å². The van der Waals surface area contributed by atoms with Gasteiger partial charge in [0.1, 0.15) is 5.75 Å². The monoisotopic (exact) mass is 497 g/mol. The first-order valence-electron chi connectivity index (χ1n) is 11.1. The molecule has 0 amide bonds. The Bertz CT molecular complexity index is 1400. The molecule has 36 heavy (non-hydrogen) atoms. The van der Waals surface area contributed by atoms with E-state index in [-0.39, 0.29) is 30.7 Å². The van der Waals surface area contributed by atoms with E-state index in [4.69, 9.17) is 15.9 Å². The Hall–Kier alpha value is -4.06. The fourth-order valence-corrected chi connectivity index (χ4v) is 4.81. The van der Waals surface area contributed by atoms with E-state index < -0.39 is 34.8 Å². The van der Waals surface area contributed by atoms with Gasteiger partial charge in [0.05, 0.1) is 31.3 Å². The minimum Gasteiger partial charge on any atom is -0.497 e. The molecule has 0 spiro atoms. The summed E-state index contributed by atoms with van der Waals surface area (Å²) in [4.78, 5) is 38.7. The van der Waals surface area contributed by atoms with Crippen molar-refractivity contribution in [3.8, 4) is 18.1 Å². The second-order valence-corrected chi connectivity index (χ2v) is 8.49. The van der Waals surface area contributed by atoms with Gasteiger partial charge in [-0.25, -0.2) is 0 Å². The van der Waals surface area contributed by atoms with Crippen molar-refractivity contribution < 1.29 is 37.0 Å². The predicted octanol–water partition coefficient (Wildman–Crippen LogP) is 4.95. The number of Topliss-reactive ketones (excluding diaryl/α,β-unsaturated/α-hetero) is 2. The zero-order valence-electron chi connectivity index (χ0n) is 19.5. The number of methoxy groups -OCH3 is 1. The number of carbonyl (C=O) groups excluding carboxylic acids is 3. The van der Waals surface area contributed by atoms with E-state index in [0.29, 0.717) is 22.4 Å². The fourth-order valence-electron chi connectivity index (χ4n) is 4.81. The molecule has 0 fully saturated rings. The Labute approximate surface area is 205 Å². The maximum atomic E-state index is 13.3. The number of hydrogen-bond acceptors (Lipinski definition) is 5. The zero-order chi connectivity index (χ0) is 26.3. The van der Waals surface area contributed by atoms with Crippen molar-refractivity contribution in [2.45, 2.75) is 32.0 Å². The summed E-state index contributed by atoms with van der Waals surface area (Å²) < 4.78 is 51.7. The summed E-state index contributed by atoms with van der Waals surface area (Å²) in [6.07, 6.45) is 1.67. The summed E-state index contributed by atoms with van der Waals surface area (Å²) in [7, 11) is 1.49. The maximum absolute atomic E-state index is 13.3. The van der Waals surface area contributed by atoms with Gasteiger partial charge in [-0.15, -0.1) is 6.42 Å². The average molecular weight is 497 g/mol. The number of esters is 1. The highest BCUT2D eigenvalue weighted by Gasteiger charge is 2.52. The minimum absolute atomic E-state index is 0.0158. The molecular weight excluding hydrogens is 475 g/mol. The molecule has 2 unspecified atom stereocenters. The second-order valence-electron chi connectivity index (χ2n) is 8.49. The summed E-state index contributed by atoms with van der Waals surface area (Å²) in [6, 6.07) is 10.9. The molecule has 9 heteroatoms. The molecule has 0 saturated heterocycles. The van der Waals surface area contributed by atoms with E-state index in [1.807, 2.05) is 0 Å². The number of alkyl halides is 3. The van der Waals surface area contributed by atoms with Crippen LogP contribution in [0.5, 0.6) is 5.75 Å². The Morgan fingerprint density at radius 1 is 1.17 bits per heavy atom. The SMILES string of the molecule is C#CC1(C(=O)OCC)Cn2cc(C(=O)C(F)(F)F)c3cccc(c32)C1CC(=O)c1ccc(OC)cc1. The molecule has 2 heterocycles. The van der Waals surface area contributed by atoms with Gasteiger partial charge in [-0.2, -0.15) is 13.2 Å². The molecule has 0 saturated carbocycles. The molecule has 4 rings (SSSR count). The van der Waals surface area contributed by atoms with Gasteiger partial charge in [0.25, 0.3) is 5.78 Å². The van der Waals surface area contributed by atoms with E-state index in [9.17, 15) is 27.6 Å². The van der Waals surface area contributed by atoms with Crippen molar-refractivity contribution in [3.63, 3.8) is 0 Å². The van der Waals surface area contributed by atoms with Crippen LogP contribution in [-0.2, 0) is 16.1 Å². The Morgan fingerprint density at radius 3 is 2.44 bits per heavy atom. The third-order valence-electron chi connectivity index (χ3n) is 6.52. The van der Waals surface area contributed by atoms with Gasteiger partial charge >= 0.3 is 12.1 Å². The lowest BCUT2D eigenvalue weighted by atomic mass is 9.67. The molecule has 6 nitrogen and oxygen atoms in total. The molecule has 1 aliphatic heterocycles. The molecule has 1 aromatic heterocycles. The van der Waals surface area contributed by atoms with Gasteiger partial charge < -0.3 is 14.0 Å². The van der Waals surface area contributed by atoms with Gasteiger partial charge in [-0.3, -0.25) is 14.4 Å². The van der Waals surface area contributed by atoms with E-state index in [0.717, 1.165) is 6.20 Å². The molecule has 0 radical (unpaired) electrons. The maximum Gasteiger partial charge on any atom is 0.454 e. The average Bonchev–Trinajstić information content (AvgIpc) is 3.23. The Kier molecular flexibility index (Phi) is 6.39. The number of hydrogen-bond donors (Lipinski definition) is 0. The van der Waals surface area contributed by atoms with Crippen LogP contribution in [-0.4, -0.2) is 42.0 Å². The van der Waals surface area contributed by atoms with Crippen molar-refractivity contribution in [2.24, 2.45) is 5.41 Å². The highest BCUT2D eigenvalue weighted by atomic mass is 19.4. The first kappa shape index (κ1) is 25.0. The number of halogens is 3. The molecule has 2 aromatic carbocycles. The van der Waals surface area contributed by atoms with Gasteiger partial charge in [-0.1, -0.05) is 24.1 Å². The molecule has 0 N–H and O–H groups in total. The van der Waals surface area contributed by atoms with Gasteiger partial charge in [-0.05, 0) is 36.8 Å². The number of terminal acetylenes is 1. The smallest absolute Gasteiger partial charge is 0.454 e. The summed E-state index contributed by atoms with van der Waals surface area (Å²) in [6.45, 7) is 1.37. The second kappa shape index (κ2) is 9.19. The van der Waals surface area contributed by atoms with Gasteiger partial charge in [0.2, 0.25) is 0 Å². The number of rotatable bonds is 7. The Balaban J connectivity index is 1.89. The highest BCUT2D eigenvalue weighted by molar-refractivity contribution is 6.11. The molecular formula is C27H22F3NO5. The van der Waals surface area contributed by atoms with Gasteiger partial charge in [0, 0.05) is 29.5 Å². The van der Waals surface area contributed by atoms with Crippen molar-refractivity contribution in [1.82, 2.24) is 4.57 Å². The van der Waals surface area contributed by atoms with Crippen LogP contribution in [0.4, 0.5) is 13.2 Å². The van der Waals surface area contributed by atoms with Crippen LogP contribution in [0.3, 0.4) is 0 Å². The van der Waals surface area contributed by atoms with Crippen LogP contribution in [0.15, 0.2) is 48.7 Å². The molecule has 0 bridgehead atoms. The first-order chi connectivity index (χ1) is 17.1. The van der Waals surface area contributed by atoms with Crippen LogP contribution < -0.4 is 4.74 Å². The number of carbonyl (C=O) groups is 3. The minimum atomic E-state index is -5.09. The van der Waals surface area contributed by atoms with E-state index >= 15 is 0 Å². The zero-order valence-corrected chi connectivity index (χ0v) is 19.5. The number of aromatic nitrogens is 1. The van der Waals surface area contributed by atoms with Crippen molar-refractivity contribution in [2.75, 3.05) is 13.7 Å². The predicted molar refractivity (Wildman–Crippen MR) is 125 cm³/mol. The third-order valence-corrected chi connectivity index (χ3v) is 6.52. The van der Waals surface area contributed by atoms with E-state index in [2.05, 4.69) is 5.92 Å². The van der Waals surface area contributed by atoms with Crippen LogP contribution in [0.1, 0.15) is 45.5 Å². The summed E-state index contributed by atoms with van der Waals surface area (Å²) in [5, 5.41) is 0.0752. The summed E-state index contributed by atoms with van der Waals surface area (Å²) >= 11 is 0. The molecule has 186 valence electrons. The molecule has 0 aliphatic carbocycles. The Morgan fingerprint density at radius 2 is 1.86 bits per heavy atom. The molecule has 1 aliphatic rings. The van der Waals surface area contributed by atoms with Crippen molar-refractivity contribution in [3.05, 3.63) is 65.4 Å². The van der Waals surface area contributed by atoms with Crippen LogP contribution in [0, 0.1) is 17.8 Å². The van der Waals surface area contributed by atoms with Crippen molar-refractivity contribution in [1.29, 1.82) is 0 Å². The molecule has 2 atom stereocenters.